The summed E-state index contributed by atoms with van der Waals surface area (Å²) in [5.74, 6) is 1.55. The van der Waals surface area contributed by atoms with Crippen molar-refractivity contribution in [3.05, 3.63) is 34.9 Å². The van der Waals surface area contributed by atoms with Gasteiger partial charge in [-0.3, -0.25) is 4.21 Å². The molecule has 3 heteroatoms. The Bertz CT molecular complexity index is 431. The first-order valence-electron chi connectivity index (χ1n) is 7.74. The van der Waals surface area contributed by atoms with Crippen molar-refractivity contribution in [3.63, 3.8) is 0 Å². The minimum absolute atomic E-state index is 0.215. The van der Waals surface area contributed by atoms with Crippen LogP contribution in [0.15, 0.2) is 18.2 Å². The molecule has 0 fully saturated rings. The maximum absolute atomic E-state index is 12.2. The van der Waals surface area contributed by atoms with Crippen molar-refractivity contribution in [1.29, 1.82) is 0 Å². The van der Waals surface area contributed by atoms with Crippen LogP contribution in [-0.4, -0.2) is 22.3 Å². The van der Waals surface area contributed by atoms with Crippen LogP contribution in [0.4, 0.5) is 0 Å². The van der Waals surface area contributed by atoms with E-state index in [9.17, 15) is 4.21 Å². The Labute approximate surface area is 126 Å². The summed E-state index contributed by atoms with van der Waals surface area (Å²) in [4.78, 5) is 0. The van der Waals surface area contributed by atoms with Gasteiger partial charge in [0, 0.05) is 28.3 Å². The molecule has 0 radical (unpaired) electrons. The second kappa shape index (κ2) is 9.30. The van der Waals surface area contributed by atoms with Crippen molar-refractivity contribution >= 4 is 10.8 Å². The number of unbranched alkanes of at least 4 members (excludes halogenated alkanes) is 1. The van der Waals surface area contributed by atoms with E-state index in [1.165, 1.54) is 16.7 Å². The largest absolute Gasteiger partial charge is 0.309 e. The summed E-state index contributed by atoms with van der Waals surface area (Å²) in [6, 6.07) is 6.76. The lowest BCUT2D eigenvalue weighted by molar-refractivity contribution is 0.567. The van der Waals surface area contributed by atoms with Crippen molar-refractivity contribution in [2.75, 3.05) is 18.1 Å². The number of rotatable bonds is 9. The third-order valence-electron chi connectivity index (χ3n) is 3.53. The predicted molar refractivity (Wildman–Crippen MR) is 89.7 cm³/mol. The van der Waals surface area contributed by atoms with Crippen LogP contribution >= 0.6 is 0 Å². The van der Waals surface area contributed by atoms with Gasteiger partial charge in [-0.2, -0.15) is 0 Å². The van der Waals surface area contributed by atoms with Crippen molar-refractivity contribution in [1.82, 2.24) is 5.32 Å². The van der Waals surface area contributed by atoms with Crippen LogP contribution in [0, 0.1) is 13.8 Å². The van der Waals surface area contributed by atoms with Gasteiger partial charge in [0.15, 0.2) is 0 Å². The summed E-state index contributed by atoms with van der Waals surface area (Å²) in [6.07, 6.45) is 3.27. The van der Waals surface area contributed by atoms with E-state index in [1.807, 2.05) is 0 Å². The first-order chi connectivity index (χ1) is 9.58. The standard InChI is InChI=1S/C17H29NOS/c1-5-7-11-20(19)13-17(18-10-6-2)16-12-14(3)8-9-15(16)4/h8-9,12,17-18H,5-7,10-11,13H2,1-4H3. The normalized spacial score (nSPS) is 14.2. The van der Waals surface area contributed by atoms with Gasteiger partial charge in [0.1, 0.15) is 0 Å². The molecule has 1 aromatic carbocycles. The van der Waals surface area contributed by atoms with Crippen LogP contribution in [0.3, 0.4) is 0 Å². The summed E-state index contributed by atoms with van der Waals surface area (Å²) in [5, 5.41) is 3.57. The Morgan fingerprint density at radius 3 is 2.60 bits per heavy atom. The van der Waals surface area contributed by atoms with Gasteiger partial charge < -0.3 is 5.32 Å². The molecule has 1 N–H and O–H groups in total. The molecule has 0 amide bonds. The van der Waals surface area contributed by atoms with Gasteiger partial charge >= 0.3 is 0 Å². The summed E-state index contributed by atoms with van der Waals surface area (Å²) in [6.45, 7) is 9.55. The third-order valence-corrected chi connectivity index (χ3v) is 4.98. The zero-order valence-electron chi connectivity index (χ0n) is 13.4. The average Bonchev–Trinajstić information content (AvgIpc) is 2.44. The Morgan fingerprint density at radius 2 is 1.95 bits per heavy atom. The van der Waals surface area contributed by atoms with E-state index >= 15 is 0 Å². The van der Waals surface area contributed by atoms with Crippen LogP contribution < -0.4 is 5.32 Å². The number of nitrogens with one attached hydrogen (secondary N) is 1. The molecule has 1 rings (SSSR count). The highest BCUT2D eigenvalue weighted by molar-refractivity contribution is 7.85. The molecule has 20 heavy (non-hydrogen) atoms. The number of benzene rings is 1. The van der Waals surface area contributed by atoms with Gasteiger partial charge in [0.05, 0.1) is 0 Å². The van der Waals surface area contributed by atoms with Crippen LogP contribution in [-0.2, 0) is 10.8 Å². The SMILES string of the molecule is CCCCS(=O)CC(NCCC)c1cc(C)ccc1C. The van der Waals surface area contributed by atoms with Crippen LogP contribution in [0.5, 0.6) is 0 Å². The Morgan fingerprint density at radius 1 is 1.20 bits per heavy atom. The van der Waals surface area contributed by atoms with Crippen molar-refractivity contribution in [2.45, 2.75) is 53.0 Å². The number of hydrogen-bond donors (Lipinski definition) is 1. The predicted octanol–water partition coefficient (Wildman–Crippen LogP) is 3.89. The zero-order valence-corrected chi connectivity index (χ0v) is 14.2. The van der Waals surface area contributed by atoms with Gasteiger partial charge in [-0.05, 0) is 44.4 Å². The summed E-state index contributed by atoms with van der Waals surface area (Å²) < 4.78 is 12.2. The Balaban J connectivity index is 2.82. The van der Waals surface area contributed by atoms with E-state index < -0.39 is 10.8 Å². The lowest BCUT2D eigenvalue weighted by atomic mass is 10.00. The highest BCUT2D eigenvalue weighted by Crippen LogP contribution is 2.20. The molecule has 114 valence electrons. The first-order valence-corrected chi connectivity index (χ1v) is 9.22. The van der Waals surface area contributed by atoms with Crippen LogP contribution in [0.1, 0.15) is 55.8 Å². The minimum atomic E-state index is -0.731. The molecule has 2 atom stereocenters. The monoisotopic (exact) mass is 295 g/mol. The van der Waals surface area contributed by atoms with E-state index in [2.05, 4.69) is 51.2 Å². The fourth-order valence-electron chi connectivity index (χ4n) is 2.29. The fraction of sp³-hybridized carbons (Fsp3) is 0.647. The maximum Gasteiger partial charge on any atom is 0.0439 e. The second-order valence-corrected chi connectivity index (χ2v) is 7.15. The number of hydrogen-bond acceptors (Lipinski definition) is 2. The highest BCUT2D eigenvalue weighted by Gasteiger charge is 2.16. The van der Waals surface area contributed by atoms with Gasteiger partial charge in [-0.15, -0.1) is 0 Å². The highest BCUT2D eigenvalue weighted by atomic mass is 32.2. The molecule has 2 unspecified atom stereocenters. The molecular weight excluding hydrogens is 266 g/mol. The van der Waals surface area contributed by atoms with Gasteiger partial charge in [-0.25, -0.2) is 0 Å². The summed E-state index contributed by atoms with van der Waals surface area (Å²) in [5.41, 5.74) is 3.87. The molecule has 2 nitrogen and oxygen atoms in total. The fourth-order valence-corrected chi connectivity index (χ4v) is 3.73. The van der Waals surface area contributed by atoms with Crippen LogP contribution in [0.2, 0.25) is 0 Å². The number of aryl methyl sites for hydroxylation is 2. The van der Waals surface area contributed by atoms with Crippen LogP contribution in [0.25, 0.3) is 0 Å². The van der Waals surface area contributed by atoms with E-state index in [0.717, 1.165) is 37.3 Å². The lowest BCUT2D eigenvalue weighted by Gasteiger charge is -2.21. The van der Waals surface area contributed by atoms with Crippen molar-refractivity contribution < 1.29 is 4.21 Å². The van der Waals surface area contributed by atoms with Gasteiger partial charge in [0.2, 0.25) is 0 Å². The smallest absolute Gasteiger partial charge is 0.0439 e. The molecular formula is C17H29NOS. The minimum Gasteiger partial charge on any atom is -0.309 e. The molecule has 1 aromatic rings. The molecule has 0 aliphatic carbocycles. The quantitative estimate of drug-likeness (QED) is 0.749. The van der Waals surface area contributed by atoms with Gasteiger partial charge in [0.25, 0.3) is 0 Å². The van der Waals surface area contributed by atoms with E-state index in [-0.39, 0.29) is 6.04 Å². The topological polar surface area (TPSA) is 29.1 Å². The molecule has 0 spiro atoms. The van der Waals surface area contributed by atoms with E-state index in [4.69, 9.17) is 0 Å². The van der Waals surface area contributed by atoms with Crippen molar-refractivity contribution in [3.8, 4) is 0 Å². The molecule has 0 aromatic heterocycles. The molecule has 0 aliphatic heterocycles. The molecule has 0 aliphatic rings. The zero-order chi connectivity index (χ0) is 15.0. The molecule has 0 saturated carbocycles. The second-order valence-electron chi connectivity index (χ2n) is 5.53. The summed E-state index contributed by atoms with van der Waals surface area (Å²) in [7, 11) is -0.731. The first kappa shape index (κ1) is 17.4. The molecule has 0 heterocycles. The molecule has 0 saturated heterocycles. The van der Waals surface area contributed by atoms with Crippen molar-refractivity contribution in [2.24, 2.45) is 0 Å². The Hall–Kier alpha value is -0.670. The van der Waals surface area contributed by atoms with E-state index in [0.29, 0.717) is 0 Å². The molecule has 0 bridgehead atoms. The van der Waals surface area contributed by atoms with Gasteiger partial charge in [-0.1, -0.05) is 44.0 Å². The lowest BCUT2D eigenvalue weighted by Crippen LogP contribution is -2.28. The maximum atomic E-state index is 12.2. The third kappa shape index (κ3) is 5.76. The van der Waals surface area contributed by atoms with E-state index in [1.54, 1.807) is 0 Å². The average molecular weight is 295 g/mol. The Kier molecular flexibility index (Phi) is 8.08. The summed E-state index contributed by atoms with van der Waals surface area (Å²) >= 11 is 0.